The zero-order chi connectivity index (χ0) is 15.5. The molecule has 0 saturated carbocycles. The maximum atomic E-state index is 10.9. The van der Waals surface area contributed by atoms with Crippen molar-refractivity contribution in [3.8, 4) is 0 Å². The van der Waals surface area contributed by atoms with Gasteiger partial charge in [-0.05, 0) is 12.1 Å². The number of anilines is 1. The smallest absolute Gasteiger partial charge is 0.294 e. The minimum absolute atomic E-state index is 0.0373. The second-order valence-corrected chi connectivity index (χ2v) is 4.92. The molecule has 7 heteroatoms. The van der Waals surface area contributed by atoms with Crippen LogP contribution in [0.4, 0.5) is 11.4 Å². The van der Waals surface area contributed by atoms with Gasteiger partial charge in [0.1, 0.15) is 10.8 Å². The molecular weight excluding hydrogens is 304 g/mol. The minimum atomic E-state index is -0.462. The maximum absolute atomic E-state index is 10.9. The molecule has 0 atom stereocenters. The topological polar surface area (TPSA) is 83.3 Å². The van der Waals surface area contributed by atoms with Crippen molar-refractivity contribution < 1.29 is 4.92 Å². The summed E-state index contributed by atoms with van der Waals surface area (Å²) in [6.07, 6.45) is 1.54. The molecular formula is C15H11ClN4O2. The van der Waals surface area contributed by atoms with E-state index < -0.39 is 4.92 Å². The summed E-state index contributed by atoms with van der Waals surface area (Å²) in [5.41, 5.74) is 4.59. The third-order valence-electron chi connectivity index (χ3n) is 3.18. The molecule has 0 spiro atoms. The van der Waals surface area contributed by atoms with Crippen LogP contribution in [0.2, 0.25) is 5.15 Å². The lowest BCUT2D eigenvalue weighted by molar-refractivity contribution is -0.384. The summed E-state index contributed by atoms with van der Waals surface area (Å²) in [5, 5.41) is 16.4. The Morgan fingerprint density at radius 3 is 2.73 bits per heavy atom. The lowest BCUT2D eigenvalue weighted by Crippen LogP contribution is -1.96. The molecule has 0 aliphatic carbocycles. The van der Waals surface area contributed by atoms with Crippen molar-refractivity contribution in [1.82, 2.24) is 4.98 Å². The molecule has 0 bridgehead atoms. The fraction of sp³-hybridized carbons (Fsp3) is 0. The van der Waals surface area contributed by atoms with Gasteiger partial charge in [0, 0.05) is 22.5 Å². The van der Waals surface area contributed by atoms with Crippen molar-refractivity contribution in [2.24, 2.45) is 5.10 Å². The number of fused-ring (bicyclic) bond motifs is 1. The highest BCUT2D eigenvalue weighted by atomic mass is 35.5. The van der Waals surface area contributed by atoms with E-state index in [9.17, 15) is 10.1 Å². The second kappa shape index (κ2) is 5.87. The predicted octanol–water partition coefficient (Wildman–Crippen LogP) is 4.18. The number of halogens is 1. The number of H-pyrrole nitrogens is 1. The number of nitro benzene ring substituents is 1. The quantitative estimate of drug-likeness (QED) is 0.430. The lowest BCUT2D eigenvalue weighted by atomic mass is 10.2. The van der Waals surface area contributed by atoms with Crippen LogP contribution in [0.15, 0.2) is 53.6 Å². The van der Waals surface area contributed by atoms with Gasteiger partial charge < -0.3 is 4.98 Å². The maximum Gasteiger partial charge on any atom is 0.294 e. The number of rotatable bonds is 4. The van der Waals surface area contributed by atoms with Crippen molar-refractivity contribution in [2.75, 3.05) is 5.43 Å². The van der Waals surface area contributed by atoms with Crippen LogP contribution in [0.25, 0.3) is 10.9 Å². The van der Waals surface area contributed by atoms with Crippen LogP contribution in [-0.4, -0.2) is 16.1 Å². The molecule has 0 aliphatic rings. The Hall–Kier alpha value is -2.86. The number of para-hydroxylation sites is 3. The Morgan fingerprint density at radius 2 is 1.91 bits per heavy atom. The van der Waals surface area contributed by atoms with Crippen LogP contribution in [0.1, 0.15) is 5.56 Å². The number of hydrazone groups is 1. The number of nitrogens with zero attached hydrogens (tertiary/aromatic N) is 2. The van der Waals surface area contributed by atoms with Crippen LogP contribution in [0, 0.1) is 10.1 Å². The third-order valence-corrected chi connectivity index (χ3v) is 3.48. The van der Waals surface area contributed by atoms with E-state index in [0.29, 0.717) is 10.8 Å². The summed E-state index contributed by atoms with van der Waals surface area (Å²) in [7, 11) is 0. The predicted molar refractivity (Wildman–Crippen MR) is 87.6 cm³/mol. The molecule has 22 heavy (non-hydrogen) atoms. The number of hydrogen-bond acceptors (Lipinski definition) is 4. The fourth-order valence-corrected chi connectivity index (χ4v) is 2.40. The van der Waals surface area contributed by atoms with Crippen LogP contribution in [0.5, 0.6) is 0 Å². The highest BCUT2D eigenvalue weighted by molar-refractivity contribution is 6.34. The first-order chi connectivity index (χ1) is 10.7. The van der Waals surface area contributed by atoms with Gasteiger partial charge in [-0.1, -0.05) is 41.9 Å². The standard InChI is InChI=1S/C15H11ClN4O2/c16-15-11(10-5-1-2-6-12(10)18-15)9-17-19-13-7-3-4-8-14(13)20(21)22/h1-9,18-19H. The molecule has 0 amide bonds. The largest absolute Gasteiger partial charge is 0.345 e. The van der Waals surface area contributed by atoms with Crippen LogP contribution in [0.3, 0.4) is 0 Å². The van der Waals surface area contributed by atoms with E-state index in [4.69, 9.17) is 11.6 Å². The number of benzene rings is 2. The van der Waals surface area contributed by atoms with Gasteiger partial charge >= 0.3 is 0 Å². The van der Waals surface area contributed by atoms with Gasteiger partial charge in [0.2, 0.25) is 0 Å². The van der Waals surface area contributed by atoms with E-state index in [1.165, 1.54) is 12.3 Å². The summed E-state index contributed by atoms with van der Waals surface area (Å²) >= 11 is 6.15. The zero-order valence-corrected chi connectivity index (χ0v) is 12.0. The van der Waals surface area contributed by atoms with Crippen LogP contribution < -0.4 is 5.43 Å². The van der Waals surface area contributed by atoms with Crippen molar-refractivity contribution >= 4 is 40.1 Å². The Balaban J connectivity index is 1.89. The average molecular weight is 315 g/mol. The highest BCUT2D eigenvalue weighted by Crippen LogP contribution is 2.25. The number of aromatic nitrogens is 1. The molecule has 0 unspecified atom stereocenters. The Morgan fingerprint density at radius 1 is 1.18 bits per heavy atom. The van der Waals surface area contributed by atoms with Crippen LogP contribution >= 0.6 is 11.6 Å². The molecule has 3 aromatic rings. The van der Waals surface area contributed by atoms with Crippen molar-refractivity contribution in [2.45, 2.75) is 0 Å². The number of nitro groups is 1. The zero-order valence-electron chi connectivity index (χ0n) is 11.3. The molecule has 2 aromatic carbocycles. The molecule has 6 nitrogen and oxygen atoms in total. The molecule has 0 fully saturated rings. The molecule has 0 aliphatic heterocycles. The Kier molecular flexibility index (Phi) is 3.76. The van der Waals surface area contributed by atoms with Gasteiger partial charge in [0.25, 0.3) is 5.69 Å². The number of nitrogens with one attached hydrogen (secondary N) is 2. The van der Waals surface area contributed by atoms with E-state index in [0.717, 1.165) is 16.5 Å². The van der Waals surface area contributed by atoms with E-state index in [-0.39, 0.29) is 5.69 Å². The van der Waals surface area contributed by atoms with Crippen molar-refractivity contribution in [1.29, 1.82) is 0 Å². The summed E-state index contributed by atoms with van der Waals surface area (Å²) in [6.45, 7) is 0. The molecule has 1 aromatic heterocycles. The first-order valence-corrected chi connectivity index (χ1v) is 6.83. The summed E-state index contributed by atoms with van der Waals surface area (Å²) in [4.78, 5) is 13.5. The minimum Gasteiger partial charge on any atom is -0.345 e. The normalized spacial score (nSPS) is 11.1. The third kappa shape index (κ3) is 2.64. The highest BCUT2D eigenvalue weighted by Gasteiger charge is 2.11. The van der Waals surface area contributed by atoms with Gasteiger partial charge in [0.15, 0.2) is 0 Å². The first-order valence-electron chi connectivity index (χ1n) is 6.45. The number of hydrogen-bond donors (Lipinski definition) is 2. The van der Waals surface area contributed by atoms with Gasteiger partial charge in [-0.15, -0.1) is 0 Å². The van der Waals surface area contributed by atoms with E-state index in [2.05, 4.69) is 15.5 Å². The van der Waals surface area contributed by atoms with E-state index in [1.807, 2.05) is 24.3 Å². The lowest BCUT2D eigenvalue weighted by Gasteiger charge is -2.00. The number of aromatic amines is 1. The molecule has 0 radical (unpaired) electrons. The molecule has 2 N–H and O–H groups in total. The Labute approximate surface area is 130 Å². The second-order valence-electron chi connectivity index (χ2n) is 4.54. The molecule has 0 saturated heterocycles. The summed E-state index contributed by atoms with van der Waals surface area (Å²) in [5.74, 6) is 0. The van der Waals surface area contributed by atoms with Gasteiger partial charge in [0.05, 0.1) is 11.1 Å². The molecule has 1 heterocycles. The van der Waals surface area contributed by atoms with Crippen molar-refractivity contribution in [3.05, 3.63) is 69.4 Å². The van der Waals surface area contributed by atoms with Gasteiger partial charge in [-0.25, -0.2) is 0 Å². The summed E-state index contributed by atoms with van der Waals surface area (Å²) < 4.78 is 0. The van der Waals surface area contributed by atoms with Gasteiger partial charge in [-0.3, -0.25) is 15.5 Å². The van der Waals surface area contributed by atoms with Gasteiger partial charge in [-0.2, -0.15) is 5.10 Å². The monoisotopic (exact) mass is 314 g/mol. The average Bonchev–Trinajstić information content (AvgIpc) is 2.83. The Bertz CT molecular complexity index is 873. The van der Waals surface area contributed by atoms with Crippen molar-refractivity contribution in [3.63, 3.8) is 0 Å². The SMILES string of the molecule is O=[N+]([O-])c1ccccc1NN=Cc1c(Cl)[nH]c2ccccc12. The van der Waals surface area contributed by atoms with E-state index in [1.54, 1.807) is 18.2 Å². The molecule has 110 valence electrons. The molecule has 3 rings (SSSR count). The van der Waals surface area contributed by atoms with E-state index >= 15 is 0 Å². The fourth-order valence-electron chi connectivity index (χ4n) is 2.15. The van der Waals surface area contributed by atoms with Crippen LogP contribution in [-0.2, 0) is 0 Å². The first kappa shape index (κ1) is 14.1. The summed E-state index contributed by atoms with van der Waals surface area (Å²) in [6, 6.07) is 13.9.